The van der Waals surface area contributed by atoms with Crippen molar-refractivity contribution in [3.05, 3.63) is 101 Å². The summed E-state index contributed by atoms with van der Waals surface area (Å²) in [5.74, 6) is 0.683. The first-order valence-corrected chi connectivity index (χ1v) is 16.2. The minimum Gasteiger partial charge on any atom is -0.348 e. The van der Waals surface area contributed by atoms with Gasteiger partial charge in [0.2, 0.25) is 10.0 Å². The second kappa shape index (κ2) is 13.3. The van der Waals surface area contributed by atoms with E-state index in [1.165, 1.54) is 31.5 Å². The average molecular weight is 575 g/mol. The number of carbonyl (C=O) groups is 1. The Balaban J connectivity index is 1.09. The van der Waals surface area contributed by atoms with Crippen LogP contribution in [0.15, 0.2) is 77.7 Å². The SMILES string of the molecule is Cc1ccc(S(=O)(=O)N2CCN(Cc3cccc(C(=O)NCc4ccc(CN5CCCC(C)C5)cc4)c3)CC2)cc1. The molecule has 2 saturated heterocycles. The van der Waals surface area contributed by atoms with Gasteiger partial charge in [-0.3, -0.25) is 14.6 Å². The summed E-state index contributed by atoms with van der Waals surface area (Å²) >= 11 is 0. The van der Waals surface area contributed by atoms with E-state index in [4.69, 9.17) is 0 Å². The molecule has 1 N–H and O–H groups in total. The maximum atomic E-state index is 13.0. The van der Waals surface area contributed by atoms with Gasteiger partial charge < -0.3 is 5.32 Å². The number of hydrogen-bond donors (Lipinski definition) is 1. The second-order valence-corrected chi connectivity index (χ2v) is 13.6. The van der Waals surface area contributed by atoms with Crippen LogP contribution >= 0.6 is 0 Å². The van der Waals surface area contributed by atoms with Gasteiger partial charge >= 0.3 is 0 Å². The number of likely N-dealkylation sites (tertiary alicyclic amines) is 1. The van der Waals surface area contributed by atoms with Crippen molar-refractivity contribution in [3.63, 3.8) is 0 Å². The van der Waals surface area contributed by atoms with E-state index in [-0.39, 0.29) is 5.91 Å². The molecular weight excluding hydrogens is 532 g/mol. The molecule has 5 rings (SSSR count). The highest BCUT2D eigenvalue weighted by Gasteiger charge is 2.28. The Morgan fingerprint density at radius 2 is 1.51 bits per heavy atom. The largest absolute Gasteiger partial charge is 0.348 e. The summed E-state index contributed by atoms with van der Waals surface area (Å²) in [4.78, 5) is 18.0. The number of piperazine rings is 1. The Morgan fingerprint density at radius 1 is 0.829 bits per heavy atom. The number of sulfonamides is 1. The molecule has 0 bridgehead atoms. The predicted molar refractivity (Wildman–Crippen MR) is 163 cm³/mol. The zero-order chi connectivity index (χ0) is 28.8. The van der Waals surface area contributed by atoms with Crippen LogP contribution in [0.3, 0.4) is 0 Å². The highest BCUT2D eigenvalue weighted by molar-refractivity contribution is 7.89. The zero-order valence-corrected chi connectivity index (χ0v) is 25.1. The summed E-state index contributed by atoms with van der Waals surface area (Å²) in [6.45, 7) is 11.0. The standard InChI is InChI=1S/C33H42N4O3S/c1-26-8-14-32(15-9-26)41(39,40)37-19-17-35(18-20-37)25-30-6-3-7-31(21-30)33(38)34-22-28-10-12-29(13-11-28)24-36-16-4-5-27(2)23-36/h3,6-15,21,27H,4-5,16-20,22-25H2,1-2H3,(H,34,38). The molecule has 0 aromatic heterocycles. The molecule has 1 unspecified atom stereocenters. The summed E-state index contributed by atoms with van der Waals surface area (Å²) in [5, 5.41) is 3.06. The molecule has 218 valence electrons. The molecule has 0 spiro atoms. The molecule has 2 aliphatic heterocycles. The van der Waals surface area contributed by atoms with E-state index < -0.39 is 10.0 Å². The molecule has 0 aliphatic carbocycles. The van der Waals surface area contributed by atoms with Crippen molar-refractivity contribution in [2.45, 2.75) is 51.2 Å². The first-order chi connectivity index (χ1) is 19.8. The van der Waals surface area contributed by atoms with E-state index in [1.807, 2.05) is 43.3 Å². The van der Waals surface area contributed by atoms with Crippen molar-refractivity contribution < 1.29 is 13.2 Å². The Hall–Kier alpha value is -3.04. The van der Waals surface area contributed by atoms with E-state index in [9.17, 15) is 13.2 Å². The lowest BCUT2D eigenvalue weighted by atomic mass is 9.99. The van der Waals surface area contributed by atoms with E-state index in [0.29, 0.717) is 49.7 Å². The number of carbonyl (C=O) groups excluding carboxylic acids is 1. The third kappa shape index (κ3) is 7.83. The fourth-order valence-corrected chi connectivity index (χ4v) is 7.21. The molecule has 1 atom stereocenters. The summed E-state index contributed by atoms with van der Waals surface area (Å²) in [6.07, 6.45) is 2.61. The maximum absolute atomic E-state index is 13.0. The summed E-state index contributed by atoms with van der Waals surface area (Å²) < 4.78 is 27.6. The van der Waals surface area contributed by atoms with Crippen molar-refractivity contribution in [1.29, 1.82) is 0 Å². The number of aryl methyl sites for hydroxylation is 1. The van der Waals surface area contributed by atoms with E-state index in [2.05, 4.69) is 46.3 Å². The van der Waals surface area contributed by atoms with Gasteiger partial charge in [0.05, 0.1) is 4.90 Å². The predicted octanol–water partition coefficient (Wildman–Crippen LogP) is 4.66. The van der Waals surface area contributed by atoms with Gasteiger partial charge in [-0.15, -0.1) is 0 Å². The molecule has 0 saturated carbocycles. The van der Waals surface area contributed by atoms with Gasteiger partial charge in [0.15, 0.2) is 0 Å². The second-order valence-electron chi connectivity index (χ2n) is 11.7. The number of amides is 1. The maximum Gasteiger partial charge on any atom is 0.251 e. The summed E-state index contributed by atoms with van der Waals surface area (Å²) in [6, 6.07) is 23.3. The Bertz CT molecular complexity index is 1420. The van der Waals surface area contributed by atoms with E-state index in [1.54, 1.807) is 16.4 Å². The molecule has 8 heteroatoms. The third-order valence-corrected chi connectivity index (χ3v) is 10.1. The van der Waals surface area contributed by atoms with E-state index in [0.717, 1.165) is 29.2 Å². The molecule has 2 fully saturated rings. The van der Waals surface area contributed by atoms with Crippen molar-refractivity contribution in [3.8, 4) is 0 Å². The molecule has 3 aromatic rings. The quantitative estimate of drug-likeness (QED) is 0.403. The molecule has 3 aromatic carbocycles. The lowest BCUT2D eigenvalue weighted by molar-refractivity contribution is 0.0950. The Kier molecular flexibility index (Phi) is 9.55. The van der Waals surface area contributed by atoms with Crippen molar-refractivity contribution in [2.75, 3.05) is 39.3 Å². The Morgan fingerprint density at radius 3 is 2.22 bits per heavy atom. The van der Waals surface area contributed by atoms with Gasteiger partial charge in [0.25, 0.3) is 5.91 Å². The molecule has 7 nitrogen and oxygen atoms in total. The van der Waals surface area contributed by atoms with Crippen LogP contribution in [0.5, 0.6) is 0 Å². The highest BCUT2D eigenvalue weighted by Crippen LogP contribution is 2.20. The first kappa shape index (κ1) is 29.5. The van der Waals surface area contributed by atoms with Gasteiger partial charge in [-0.2, -0.15) is 4.31 Å². The van der Waals surface area contributed by atoms with Crippen LogP contribution < -0.4 is 5.32 Å². The fraction of sp³-hybridized carbons (Fsp3) is 0.424. The van der Waals surface area contributed by atoms with Gasteiger partial charge in [-0.25, -0.2) is 8.42 Å². The van der Waals surface area contributed by atoms with Crippen LogP contribution in [-0.4, -0.2) is 67.7 Å². The van der Waals surface area contributed by atoms with Crippen LogP contribution in [0, 0.1) is 12.8 Å². The lowest BCUT2D eigenvalue weighted by Crippen LogP contribution is -2.48. The summed E-state index contributed by atoms with van der Waals surface area (Å²) in [5.41, 5.74) is 5.12. The number of rotatable bonds is 9. The smallest absolute Gasteiger partial charge is 0.251 e. The first-order valence-electron chi connectivity index (χ1n) is 14.7. The molecule has 1 amide bonds. The van der Waals surface area contributed by atoms with Gasteiger partial charge in [-0.1, -0.05) is 61.0 Å². The topological polar surface area (TPSA) is 73.0 Å². The molecule has 0 radical (unpaired) electrons. The number of nitrogens with one attached hydrogen (secondary N) is 1. The zero-order valence-electron chi connectivity index (χ0n) is 24.3. The lowest BCUT2D eigenvalue weighted by Gasteiger charge is -2.34. The fourth-order valence-electron chi connectivity index (χ4n) is 5.79. The Labute approximate surface area is 245 Å². The number of hydrogen-bond acceptors (Lipinski definition) is 5. The number of nitrogens with zero attached hydrogens (tertiary/aromatic N) is 3. The monoisotopic (exact) mass is 574 g/mol. The molecule has 2 aliphatic rings. The summed E-state index contributed by atoms with van der Waals surface area (Å²) in [7, 11) is -3.48. The normalized spacial score (nSPS) is 19.2. The highest BCUT2D eigenvalue weighted by atomic mass is 32.2. The van der Waals surface area contributed by atoms with Gasteiger partial charge in [0.1, 0.15) is 0 Å². The van der Waals surface area contributed by atoms with Crippen molar-refractivity contribution >= 4 is 15.9 Å². The van der Waals surface area contributed by atoms with Crippen LogP contribution in [0.1, 0.15) is 52.4 Å². The third-order valence-electron chi connectivity index (χ3n) is 8.21. The van der Waals surface area contributed by atoms with E-state index >= 15 is 0 Å². The minimum absolute atomic E-state index is 0.0905. The minimum atomic E-state index is -3.48. The van der Waals surface area contributed by atoms with Crippen LogP contribution in [-0.2, 0) is 29.7 Å². The molecule has 2 heterocycles. The average Bonchev–Trinajstić information content (AvgIpc) is 2.97. The molecule has 41 heavy (non-hydrogen) atoms. The van der Waals surface area contributed by atoms with Crippen molar-refractivity contribution in [2.24, 2.45) is 5.92 Å². The van der Waals surface area contributed by atoms with Crippen LogP contribution in [0.25, 0.3) is 0 Å². The number of piperidine rings is 1. The van der Waals surface area contributed by atoms with Gasteiger partial charge in [-0.05, 0) is 73.2 Å². The van der Waals surface area contributed by atoms with Crippen molar-refractivity contribution in [1.82, 2.24) is 19.4 Å². The molecular formula is C33H42N4O3S. The van der Waals surface area contributed by atoms with Gasteiger partial charge in [0, 0.05) is 57.9 Å². The van der Waals surface area contributed by atoms with Crippen LogP contribution in [0.2, 0.25) is 0 Å². The number of benzene rings is 3. The van der Waals surface area contributed by atoms with Crippen LogP contribution in [0.4, 0.5) is 0 Å².